The summed E-state index contributed by atoms with van der Waals surface area (Å²) in [5.74, 6) is -0.716. The van der Waals surface area contributed by atoms with E-state index in [0.29, 0.717) is 12.1 Å². The fourth-order valence-corrected chi connectivity index (χ4v) is 2.65. The molecule has 5 heteroatoms. The largest absolute Gasteiger partial charge is 0.452 e. The van der Waals surface area contributed by atoms with Gasteiger partial charge in [0, 0.05) is 31.9 Å². The molecule has 0 heterocycles. The van der Waals surface area contributed by atoms with Gasteiger partial charge in [-0.25, -0.2) is 4.79 Å². The molecule has 0 atom stereocenters. The lowest BCUT2D eigenvalue weighted by molar-refractivity contribution is -0.140. The highest BCUT2D eigenvalue weighted by atomic mass is 16.5. The van der Waals surface area contributed by atoms with Crippen LogP contribution in [0.2, 0.25) is 0 Å². The Kier molecular flexibility index (Phi) is 6.61. The first kappa shape index (κ1) is 20.5. The van der Waals surface area contributed by atoms with Crippen molar-refractivity contribution in [2.45, 2.75) is 32.9 Å². The summed E-state index contributed by atoms with van der Waals surface area (Å²) < 4.78 is 5.26. The zero-order valence-corrected chi connectivity index (χ0v) is 16.7. The van der Waals surface area contributed by atoms with Gasteiger partial charge in [0.2, 0.25) is 0 Å². The maximum atomic E-state index is 12.7. The molecule has 0 fully saturated rings. The third kappa shape index (κ3) is 5.84. The maximum Gasteiger partial charge on any atom is 0.338 e. The van der Waals surface area contributed by atoms with Crippen molar-refractivity contribution in [1.82, 2.24) is 4.90 Å². The van der Waals surface area contributed by atoms with Gasteiger partial charge in [0.1, 0.15) is 0 Å². The van der Waals surface area contributed by atoms with Crippen LogP contribution in [-0.4, -0.2) is 43.0 Å². The molecule has 0 spiro atoms. The summed E-state index contributed by atoms with van der Waals surface area (Å²) in [5.41, 5.74) is 2.07. The second-order valence-electron chi connectivity index (χ2n) is 7.65. The molecule has 27 heavy (non-hydrogen) atoms. The van der Waals surface area contributed by atoms with Crippen molar-refractivity contribution in [3.8, 4) is 0 Å². The summed E-state index contributed by atoms with van der Waals surface area (Å²) in [6, 6.07) is 16.9. The minimum atomic E-state index is -0.498. The van der Waals surface area contributed by atoms with Gasteiger partial charge in [-0.15, -0.1) is 0 Å². The molecule has 0 radical (unpaired) electrons. The van der Waals surface area contributed by atoms with E-state index in [1.54, 1.807) is 17.0 Å². The van der Waals surface area contributed by atoms with Gasteiger partial charge in [0.15, 0.2) is 6.61 Å². The Hall–Kier alpha value is -2.82. The van der Waals surface area contributed by atoms with Crippen molar-refractivity contribution >= 4 is 17.6 Å². The van der Waals surface area contributed by atoms with Crippen LogP contribution in [0, 0.1) is 0 Å². The molecule has 0 bridgehead atoms. The van der Waals surface area contributed by atoms with Crippen LogP contribution in [0.15, 0.2) is 54.6 Å². The van der Waals surface area contributed by atoms with E-state index in [1.165, 1.54) is 0 Å². The summed E-state index contributed by atoms with van der Waals surface area (Å²) in [4.78, 5) is 28.6. The number of hydrogen-bond acceptors (Lipinski definition) is 4. The van der Waals surface area contributed by atoms with Crippen molar-refractivity contribution in [1.29, 1.82) is 0 Å². The van der Waals surface area contributed by atoms with Gasteiger partial charge in [-0.2, -0.15) is 0 Å². The van der Waals surface area contributed by atoms with Gasteiger partial charge in [-0.3, -0.25) is 4.79 Å². The van der Waals surface area contributed by atoms with E-state index >= 15 is 0 Å². The Bertz CT molecular complexity index is 762. The first-order chi connectivity index (χ1) is 12.7. The van der Waals surface area contributed by atoms with Crippen molar-refractivity contribution in [3.63, 3.8) is 0 Å². The van der Waals surface area contributed by atoms with Crippen LogP contribution >= 0.6 is 0 Å². The lowest BCUT2D eigenvalue weighted by Gasteiger charge is -2.35. The quantitative estimate of drug-likeness (QED) is 0.729. The Balaban J connectivity index is 2.01. The molecule has 0 aliphatic carbocycles. The minimum Gasteiger partial charge on any atom is -0.452 e. The number of rotatable bonds is 6. The molecule has 0 aromatic heterocycles. The number of anilines is 1. The summed E-state index contributed by atoms with van der Waals surface area (Å²) in [5, 5.41) is 0. The van der Waals surface area contributed by atoms with E-state index < -0.39 is 5.97 Å². The Morgan fingerprint density at radius 1 is 0.926 bits per heavy atom. The normalized spacial score (nSPS) is 11.0. The molecular formula is C22H28N2O3. The van der Waals surface area contributed by atoms with E-state index in [-0.39, 0.29) is 18.1 Å². The van der Waals surface area contributed by atoms with Gasteiger partial charge in [-0.1, -0.05) is 30.3 Å². The monoisotopic (exact) mass is 368 g/mol. The van der Waals surface area contributed by atoms with E-state index in [9.17, 15) is 9.59 Å². The number of esters is 1. The first-order valence-corrected chi connectivity index (χ1v) is 8.97. The number of benzene rings is 2. The van der Waals surface area contributed by atoms with Crippen LogP contribution in [0.25, 0.3) is 0 Å². The second-order valence-corrected chi connectivity index (χ2v) is 7.65. The number of nitrogens with zero attached hydrogens (tertiary/aromatic N) is 2. The molecule has 5 nitrogen and oxygen atoms in total. The van der Waals surface area contributed by atoms with Crippen LogP contribution < -0.4 is 4.90 Å². The lowest BCUT2D eigenvalue weighted by atomic mass is 10.0. The fraction of sp³-hybridized carbons (Fsp3) is 0.364. The van der Waals surface area contributed by atoms with Crippen molar-refractivity contribution in [2.24, 2.45) is 0 Å². The molecule has 2 aromatic rings. The molecule has 2 rings (SSSR count). The smallest absolute Gasteiger partial charge is 0.338 e. The third-order valence-electron chi connectivity index (χ3n) is 4.24. The van der Waals surface area contributed by atoms with Gasteiger partial charge in [-0.05, 0) is 50.6 Å². The Labute approximate surface area is 161 Å². The topological polar surface area (TPSA) is 49.9 Å². The van der Waals surface area contributed by atoms with Crippen LogP contribution in [0.5, 0.6) is 0 Å². The zero-order valence-electron chi connectivity index (χ0n) is 16.7. The number of carbonyl (C=O) groups is 2. The number of amides is 1. The summed E-state index contributed by atoms with van der Waals surface area (Å²) in [6.45, 7) is 6.09. The molecule has 0 unspecified atom stereocenters. The summed E-state index contributed by atoms with van der Waals surface area (Å²) in [7, 11) is 3.86. The second kappa shape index (κ2) is 8.71. The van der Waals surface area contributed by atoms with Gasteiger partial charge < -0.3 is 14.5 Å². The SMILES string of the molecule is CN(C)c1ccc(C(=O)OCC(=O)N(Cc2ccccc2)C(C)(C)C)cc1. The highest BCUT2D eigenvalue weighted by molar-refractivity contribution is 5.91. The van der Waals surface area contributed by atoms with Gasteiger partial charge in [0.25, 0.3) is 5.91 Å². The molecule has 0 saturated heterocycles. The molecule has 0 saturated carbocycles. The van der Waals surface area contributed by atoms with Gasteiger partial charge in [0.05, 0.1) is 5.56 Å². The number of ether oxygens (including phenoxy) is 1. The van der Waals surface area contributed by atoms with Crippen molar-refractivity contribution in [2.75, 3.05) is 25.6 Å². The average molecular weight is 368 g/mol. The predicted molar refractivity (Wildman–Crippen MR) is 108 cm³/mol. The van der Waals surface area contributed by atoms with Crippen LogP contribution in [0.4, 0.5) is 5.69 Å². The number of hydrogen-bond donors (Lipinski definition) is 0. The zero-order chi connectivity index (χ0) is 20.0. The van der Waals surface area contributed by atoms with Crippen LogP contribution in [-0.2, 0) is 16.1 Å². The first-order valence-electron chi connectivity index (χ1n) is 8.97. The molecule has 0 N–H and O–H groups in total. The minimum absolute atomic E-state index is 0.218. The maximum absolute atomic E-state index is 12.7. The molecule has 144 valence electrons. The van der Waals surface area contributed by atoms with E-state index in [4.69, 9.17) is 4.74 Å². The van der Waals surface area contributed by atoms with E-state index in [1.807, 2.05) is 82.2 Å². The van der Waals surface area contributed by atoms with Crippen LogP contribution in [0.3, 0.4) is 0 Å². The molecule has 2 aromatic carbocycles. The highest BCUT2D eigenvalue weighted by Crippen LogP contribution is 2.18. The van der Waals surface area contributed by atoms with Crippen molar-refractivity contribution < 1.29 is 14.3 Å². The number of carbonyl (C=O) groups excluding carboxylic acids is 2. The molecular weight excluding hydrogens is 340 g/mol. The molecule has 1 amide bonds. The van der Waals surface area contributed by atoms with Crippen molar-refractivity contribution in [3.05, 3.63) is 65.7 Å². The fourth-order valence-electron chi connectivity index (χ4n) is 2.65. The van der Waals surface area contributed by atoms with Crippen LogP contribution in [0.1, 0.15) is 36.7 Å². The Morgan fingerprint density at radius 3 is 2.04 bits per heavy atom. The summed E-state index contributed by atoms with van der Waals surface area (Å²) in [6.07, 6.45) is 0. The van der Waals surface area contributed by atoms with Gasteiger partial charge >= 0.3 is 5.97 Å². The summed E-state index contributed by atoms with van der Waals surface area (Å²) >= 11 is 0. The van der Waals surface area contributed by atoms with E-state index in [0.717, 1.165) is 11.3 Å². The molecule has 0 aliphatic heterocycles. The third-order valence-corrected chi connectivity index (χ3v) is 4.24. The standard InChI is InChI=1S/C22H28N2O3/c1-22(2,3)24(15-17-9-7-6-8-10-17)20(25)16-27-21(26)18-11-13-19(14-12-18)23(4)5/h6-14H,15-16H2,1-5H3. The molecule has 0 aliphatic rings. The Morgan fingerprint density at radius 2 is 1.52 bits per heavy atom. The highest BCUT2D eigenvalue weighted by Gasteiger charge is 2.27. The van der Waals surface area contributed by atoms with E-state index in [2.05, 4.69) is 0 Å². The average Bonchev–Trinajstić information content (AvgIpc) is 2.64. The lowest BCUT2D eigenvalue weighted by Crippen LogP contribution is -2.46. The predicted octanol–water partition coefficient (Wildman–Crippen LogP) is 3.74.